The van der Waals surface area contributed by atoms with Crippen molar-refractivity contribution in [2.24, 2.45) is 0 Å². The first-order chi connectivity index (χ1) is 19.5. The number of methoxy groups -OCH3 is 2. The molecular formula is C33H28N4O3. The Morgan fingerprint density at radius 1 is 0.650 bits per heavy atom. The molecule has 0 saturated carbocycles. The number of aromatic nitrogens is 3. The molecule has 0 bridgehead atoms. The summed E-state index contributed by atoms with van der Waals surface area (Å²) in [7, 11) is 3.21. The van der Waals surface area contributed by atoms with Gasteiger partial charge in [-0.1, -0.05) is 36.4 Å². The second kappa shape index (κ2) is 10.5. The SMILES string of the molecule is COc1cc2nccc(Oc3ccc(Nc4nnc(-c5ccc(C)c(C)c5)c5ccccc45)cc3)c2cc1OC. The van der Waals surface area contributed by atoms with Gasteiger partial charge in [-0.25, -0.2) is 0 Å². The Balaban J connectivity index is 1.27. The van der Waals surface area contributed by atoms with Gasteiger partial charge in [0.1, 0.15) is 17.2 Å². The minimum absolute atomic E-state index is 0.615. The van der Waals surface area contributed by atoms with Gasteiger partial charge in [0.05, 0.1) is 19.7 Å². The molecule has 0 aliphatic heterocycles. The van der Waals surface area contributed by atoms with Crippen LogP contribution >= 0.6 is 0 Å². The molecule has 2 aromatic heterocycles. The molecule has 0 fully saturated rings. The summed E-state index contributed by atoms with van der Waals surface area (Å²) in [5, 5.41) is 15.5. The lowest BCUT2D eigenvalue weighted by molar-refractivity contribution is 0.355. The minimum Gasteiger partial charge on any atom is -0.493 e. The highest BCUT2D eigenvalue weighted by molar-refractivity contribution is 6.01. The Morgan fingerprint density at radius 3 is 2.15 bits per heavy atom. The van der Waals surface area contributed by atoms with Crippen molar-refractivity contribution in [3.8, 4) is 34.3 Å². The number of ether oxygens (including phenoxy) is 3. The fourth-order valence-electron chi connectivity index (χ4n) is 4.70. The van der Waals surface area contributed by atoms with E-state index in [0.29, 0.717) is 28.8 Å². The van der Waals surface area contributed by atoms with E-state index in [1.807, 2.05) is 54.6 Å². The second-order valence-electron chi connectivity index (χ2n) is 9.53. The maximum absolute atomic E-state index is 6.23. The Bertz CT molecular complexity index is 1850. The molecule has 40 heavy (non-hydrogen) atoms. The van der Waals surface area contributed by atoms with Crippen LogP contribution in [0, 0.1) is 13.8 Å². The van der Waals surface area contributed by atoms with E-state index in [0.717, 1.165) is 38.6 Å². The summed E-state index contributed by atoms with van der Waals surface area (Å²) in [5.41, 5.74) is 6.03. The summed E-state index contributed by atoms with van der Waals surface area (Å²) >= 11 is 0. The van der Waals surface area contributed by atoms with Crippen LogP contribution in [-0.4, -0.2) is 29.4 Å². The van der Waals surface area contributed by atoms with E-state index in [9.17, 15) is 0 Å². The first-order valence-corrected chi connectivity index (χ1v) is 12.9. The summed E-state index contributed by atoms with van der Waals surface area (Å²) in [6.45, 7) is 4.23. The van der Waals surface area contributed by atoms with Crippen LogP contribution in [0.1, 0.15) is 11.1 Å². The molecule has 4 aromatic carbocycles. The molecule has 0 spiro atoms. The molecule has 0 aliphatic carbocycles. The number of hydrogen-bond acceptors (Lipinski definition) is 7. The predicted molar refractivity (Wildman–Crippen MR) is 159 cm³/mol. The molecule has 0 radical (unpaired) electrons. The first-order valence-electron chi connectivity index (χ1n) is 12.9. The largest absolute Gasteiger partial charge is 0.493 e. The van der Waals surface area contributed by atoms with Gasteiger partial charge in [0, 0.05) is 39.7 Å². The lowest BCUT2D eigenvalue weighted by atomic mass is 10.0. The van der Waals surface area contributed by atoms with Crippen molar-refractivity contribution >= 4 is 33.2 Å². The number of nitrogens with zero attached hydrogens (tertiary/aromatic N) is 3. The van der Waals surface area contributed by atoms with E-state index < -0.39 is 0 Å². The molecule has 0 atom stereocenters. The first kappa shape index (κ1) is 25.1. The maximum atomic E-state index is 6.23. The van der Waals surface area contributed by atoms with E-state index in [1.165, 1.54) is 11.1 Å². The molecule has 7 heteroatoms. The van der Waals surface area contributed by atoms with Crippen LogP contribution in [-0.2, 0) is 0 Å². The number of pyridine rings is 1. The predicted octanol–water partition coefficient (Wildman–Crippen LogP) is 8.01. The van der Waals surface area contributed by atoms with Crippen molar-refractivity contribution in [2.45, 2.75) is 13.8 Å². The zero-order valence-corrected chi connectivity index (χ0v) is 22.7. The monoisotopic (exact) mass is 528 g/mol. The summed E-state index contributed by atoms with van der Waals surface area (Å²) in [6, 6.07) is 27.8. The Labute approximate surface area is 232 Å². The molecule has 0 amide bonds. The lowest BCUT2D eigenvalue weighted by Crippen LogP contribution is -1.99. The number of anilines is 2. The standard InChI is InChI=1S/C33H28N4O3/c1-20-9-10-22(17-21(20)2)32-25-7-5-6-8-26(25)33(37-36-32)35-23-11-13-24(14-12-23)40-29-15-16-34-28-19-31(39-4)30(38-3)18-27(28)29/h5-19H,1-4H3,(H,35,37). The van der Waals surface area contributed by atoms with Crippen LogP contribution in [0.25, 0.3) is 32.9 Å². The fourth-order valence-corrected chi connectivity index (χ4v) is 4.70. The molecule has 0 saturated heterocycles. The van der Waals surface area contributed by atoms with Crippen molar-refractivity contribution in [1.29, 1.82) is 0 Å². The molecule has 6 aromatic rings. The highest BCUT2D eigenvalue weighted by atomic mass is 16.5. The number of aryl methyl sites for hydroxylation is 2. The summed E-state index contributed by atoms with van der Waals surface area (Å²) < 4.78 is 17.1. The van der Waals surface area contributed by atoms with Gasteiger partial charge in [-0.05, 0) is 67.4 Å². The smallest absolute Gasteiger partial charge is 0.162 e. The molecule has 2 heterocycles. The third kappa shape index (κ3) is 4.73. The normalized spacial score (nSPS) is 11.0. The highest BCUT2D eigenvalue weighted by Crippen LogP contribution is 2.37. The third-order valence-electron chi connectivity index (χ3n) is 7.02. The van der Waals surface area contributed by atoms with Gasteiger partial charge in [0.25, 0.3) is 0 Å². The van der Waals surface area contributed by atoms with Crippen LogP contribution < -0.4 is 19.5 Å². The van der Waals surface area contributed by atoms with Gasteiger partial charge in [0.2, 0.25) is 0 Å². The van der Waals surface area contributed by atoms with E-state index >= 15 is 0 Å². The van der Waals surface area contributed by atoms with Crippen LogP contribution in [0.2, 0.25) is 0 Å². The van der Waals surface area contributed by atoms with Crippen LogP contribution in [0.5, 0.6) is 23.0 Å². The maximum Gasteiger partial charge on any atom is 0.162 e. The number of rotatable bonds is 7. The van der Waals surface area contributed by atoms with Gasteiger partial charge in [-0.15, -0.1) is 10.2 Å². The average Bonchev–Trinajstić information content (AvgIpc) is 2.99. The van der Waals surface area contributed by atoms with E-state index in [4.69, 9.17) is 14.2 Å². The van der Waals surface area contributed by atoms with Crippen LogP contribution in [0.3, 0.4) is 0 Å². The molecular weight excluding hydrogens is 500 g/mol. The third-order valence-corrected chi connectivity index (χ3v) is 7.02. The van der Waals surface area contributed by atoms with Crippen molar-refractivity contribution in [3.63, 3.8) is 0 Å². The lowest BCUT2D eigenvalue weighted by Gasteiger charge is -2.13. The molecule has 1 N–H and O–H groups in total. The molecule has 0 aliphatic rings. The summed E-state index contributed by atoms with van der Waals surface area (Å²) in [5.74, 6) is 3.29. The fraction of sp³-hybridized carbons (Fsp3) is 0.121. The van der Waals surface area contributed by atoms with Crippen molar-refractivity contribution in [1.82, 2.24) is 15.2 Å². The average molecular weight is 529 g/mol. The van der Waals surface area contributed by atoms with E-state index in [1.54, 1.807) is 20.4 Å². The number of benzene rings is 4. The van der Waals surface area contributed by atoms with Crippen molar-refractivity contribution < 1.29 is 14.2 Å². The van der Waals surface area contributed by atoms with Crippen molar-refractivity contribution in [2.75, 3.05) is 19.5 Å². The van der Waals surface area contributed by atoms with Crippen LogP contribution in [0.15, 0.2) is 91.1 Å². The number of hydrogen-bond donors (Lipinski definition) is 1. The van der Waals surface area contributed by atoms with Gasteiger partial charge >= 0.3 is 0 Å². The van der Waals surface area contributed by atoms with E-state index in [2.05, 4.69) is 64.7 Å². The molecule has 198 valence electrons. The topological polar surface area (TPSA) is 78.4 Å². The second-order valence-corrected chi connectivity index (χ2v) is 9.53. The quantitative estimate of drug-likeness (QED) is 0.225. The van der Waals surface area contributed by atoms with Gasteiger partial charge in [-0.3, -0.25) is 4.98 Å². The zero-order valence-electron chi connectivity index (χ0n) is 22.7. The number of nitrogens with one attached hydrogen (secondary N) is 1. The Hall–Kier alpha value is -5.17. The van der Waals surface area contributed by atoms with Crippen LogP contribution in [0.4, 0.5) is 11.5 Å². The Kier molecular flexibility index (Phi) is 6.62. The highest BCUT2D eigenvalue weighted by Gasteiger charge is 2.13. The van der Waals surface area contributed by atoms with Gasteiger partial charge in [0.15, 0.2) is 17.3 Å². The summed E-state index contributed by atoms with van der Waals surface area (Å²) in [4.78, 5) is 4.45. The number of fused-ring (bicyclic) bond motifs is 2. The minimum atomic E-state index is 0.615. The molecule has 0 unspecified atom stereocenters. The van der Waals surface area contributed by atoms with Gasteiger partial charge in [-0.2, -0.15) is 0 Å². The summed E-state index contributed by atoms with van der Waals surface area (Å²) in [6.07, 6.45) is 1.71. The molecule has 6 rings (SSSR count). The zero-order chi connectivity index (χ0) is 27.6. The van der Waals surface area contributed by atoms with Crippen molar-refractivity contribution in [3.05, 3.63) is 102 Å². The Morgan fingerprint density at radius 2 is 1.40 bits per heavy atom. The van der Waals surface area contributed by atoms with E-state index in [-0.39, 0.29) is 0 Å². The van der Waals surface area contributed by atoms with Gasteiger partial charge < -0.3 is 19.5 Å². The molecule has 7 nitrogen and oxygen atoms in total.